The van der Waals surface area contributed by atoms with Crippen LogP contribution in [0.1, 0.15) is 23.6 Å². The summed E-state index contributed by atoms with van der Waals surface area (Å²) in [6, 6.07) is 14.0. The highest BCUT2D eigenvalue weighted by molar-refractivity contribution is 7.90. The molecule has 2 aromatic carbocycles. The topological polar surface area (TPSA) is 54.4 Å². The minimum atomic E-state index is -3.51. The zero-order chi connectivity index (χ0) is 16.4. The van der Waals surface area contributed by atoms with Crippen molar-refractivity contribution in [1.29, 1.82) is 0 Å². The molecule has 2 rings (SSSR count). The molecule has 0 aliphatic heterocycles. The monoisotopic (exact) mass is 338 g/mol. The third-order valence-corrected chi connectivity index (χ3v) is 5.63. The molecule has 0 aliphatic rings. The molecule has 0 aliphatic carbocycles. The summed E-state index contributed by atoms with van der Waals surface area (Å²) < 4.78 is 24.8. The summed E-state index contributed by atoms with van der Waals surface area (Å²) in [4.78, 5) is 0. The summed E-state index contributed by atoms with van der Waals surface area (Å²) in [6.07, 6.45) is 0. The molecule has 5 heteroatoms. The molecule has 2 aromatic rings. The molecule has 1 N–H and O–H groups in total. The largest absolute Gasteiger partial charge is 0.384 e. The van der Waals surface area contributed by atoms with Crippen LogP contribution in [0.15, 0.2) is 48.5 Å². The number of hydrogen-bond donors (Lipinski definition) is 1. The van der Waals surface area contributed by atoms with Crippen LogP contribution in [0.4, 0.5) is 0 Å². The van der Waals surface area contributed by atoms with Gasteiger partial charge in [0.25, 0.3) is 0 Å². The van der Waals surface area contributed by atoms with Gasteiger partial charge < -0.3 is 5.11 Å². The van der Waals surface area contributed by atoms with E-state index in [0.29, 0.717) is 16.1 Å². The van der Waals surface area contributed by atoms with Gasteiger partial charge in [0.2, 0.25) is 0 Å². The van der Waals surface area contributed by atoms with E-state index in [0.717, 1.165) is 5.56 Å². The van der Waals surface area contributed by atoms with Gasteiger partial charge in [0.05, 0.1) is 11.5 Å². The number of aryl methyl sites for hydroxylation is 1. The molecule has 0 saturated carbocycles. The van der Waals surface area contributed by atoms with E-state index in [2.05, 4.69) is 0 Å². The number of benzene rings is 2. The van der Waals surface area contributed by atoms with E-state index in [1.54, 1.807) is 36.4 Å². The quantitative estimate of drug-likeness (QED) is 0.908. The Morgan fingerprint density at radius 1 is 1.09 bits per heavy atom. The van der Waals surface area contributed by atoms with Gasteiger partial charge in [0.15, 0.2) is 9.84 Å². The maximum absolute atomic E-state index is 12.4. The molecule has 0 unspecified atom stereocenters. The van der Waals surface area contributed by atoms with Gasteiger partial charge in [-0.25, -0.2) is 8.42 Å². The number of sulfone groups is 1. The van der Waals surface area contributed by atoms with Crippen LogP contribution in [-0.2, 0) is 21.2 Å². The van der Waals surface area contributed by atoms with Crippen LogP contribution in [-0.4, -0.2) is 19.3 Å². The SMILES string of the molecule is Cc1ccc([C@](C)(O)CS(=O)(=O)Cc2ccccc2Cl)cc1. The molecule has 1 atom stereocenters. The molecular formula is C17H19ClO3S. The zero-order valence-electron chi connectivity index (χ0n) is 12.6. The first kappa shape index (κ1) is 17.0. The highest BCUT2D eigenvalue weighted by atomic mass is 35.5. The Balaban J connectivity index is 2.20. The Morgan fingerprint density at radius 2 is 1.68 bits per heavy atom. The molecule has 0 amide bonds. The van der Waals surface area contributed by atoms with Gasteiger partial charge in [0.1, 0.15) is 5.60 Å². The second-order valence-electron chi connectivity index (χ2n) is 5.76. The van der Waals surface area contributed by atoms with Crippen molar-refractivity contribution in [3.05, 3.63) is 70.2 Å². The summed E-state index contributed by atoms with van der Waals surface area (Å²) in [5.41, 5.74) is 0.747. The lowest BCUT2D eigenvalue weighted by atomic mass is 9.97. The second-order valence-corrected chi connectivity index (χ2v) is 8.24. The van der Waals surface area contributed by atoms with Crippen LogP contribution in [0, 0.1) is 6.92 Å². The fraction of sp³-hybridized carbons (Fsp3) is 0.294. The summed E-state index contributed by atoms with van der Waals surface area (Å²) >= 11 is 6.01. The number of hydrogen-bond acceptors (Lipinski definition) is 3. The average Bonchev–Trinajstić information content (AvgIpc) is 2.40. The molecular weight excluding hydrogens is 320 g/mol. The standard InChI is InChI=1S/C17H19ClO3S/c1-13-7-9-15(10-8-13)17(2,19)12-22(20,21)11-14-5-3-4-6-16(14)18/h3-10,19H,11-12H2,1-2H3/t17-/m1/s1. The van der Waals surface area contributed by atoms with Crippen LogP contribution >= 0.6 is 11.6 Å². The average molecular weight is 339 g/mol. The lowest BCUT2D eigenvalue weighted by Gasteiger charge is -2.24. The first-order chi connectivity index (χ1) is 10.2. The van der Waals surface area contributed by atoms with Gasteiger partial charge in [-0.1, -0.05) is 59.6 Å². The molecule has 3 nitrogen and oxygen atoms in total. The Hall–Kier alpha value is -1.36. The minimum Gasteiger partial charge on any atom is -0.384 e. The lowest BCUT2D eigenvalue weighted by molar-refractivity contribution is 0.0819. The van der Waals surface area contributed by atoms with Crippen molar-refractivity contribution in [1.82, 2.24) is 0 Å². The fourth-order valence-electron chi connectivity index (χ4n) is 2.33. The van der Waals surface area contributed by atoms with Crippen molar-refractivity contribution in [2.75, 3.05) is 5.75 Å². The molecule has 118 valence electrons. The Labute approximate surface area is 136 Å². The van der Waals surface area contributed by atoms with E-state index in [1.165, 1.54) is 6.92 Å². The zero-order valence-corrected chi connectivity index (χ0v) is 14.2. The van der Waals surface area contributed by atoms with Crippen molar-refractivity contribution in [2.45, 2.75) is 25.2 Å². The molecule has 0 bridgehead atoms. The molecule has 0 aromatic heterocycles. The molecule has 0 fully saturated rings. The van der Waals surface area contributed by atoms with E-state index in [4.69, 9.17) is 11.6 Å². The Morgan fingerprint density at radius 3 is 2.27 bits per heavy atom. The van der Waals surface area contributed by atoms with Crippen molar-refractivity contribution < 1.29 is 13.5 Å². The Kier molecular flexibility index (Phi) is 4.95. The molecule has 0 spiro atoms. The molecule has 22 heavy (non-hydrogen) atoms. The summed E-state index contributed by atoms with van der Waals surface area (Å²) in [6.45, 7) is 3.45. The van der Waals surface area contributed by atoms with Crippen molar-refractivity contribution >= 4 is 21.4 Å². The predicted molar refractivity (Wildman–Crippen MR) is 89.7 cm³/mol. The van der Waals surface area contributed by atoms with Crippen molar-refractivity contribution in [3.8, 4) is 0 Å². The maximum atomic E-state index is 12.4. The highest BCUT2D eigenvalue weighted by Crippen LogP contribution is 2.26. The van der Waals surface area contributed by atoms with E-state index >= 15 is 0 Å². The highest BCUT2D eigenvalue weighted by Gasteiger charge is 2.30. The van der Waals surface area contributed by atoms with Gasteiger partial charge in [-0.05, 0) is 31.0 Å². The van der Waals surface area contributed by atoms with Gasteiger partial charge in [-0.2, -0.15) is 0 Å². The second kappa shape index (κ2) is 6.41. The summed E-state index contributed by atoms with van der Waals surface area (Å²) in [5.74, 6) is -0.539. The van der Waals surface area contributed by atoms with Crippen molar-refractivity contribution in [3.63, 3.8) is 0 Å². The minimum absolute atomic E-state index is 0.186. The fourth-order valence-corrected chi connectivity index (χ4v) is 4.46. The lowest BCUT2D eigenvalue weighted by Crippen LogP contribution is -2.32. The van der Waals surface area contributed by atoms with Crippen LogP contribution in [0.2, 0.25) is 5.02 Å². The number of rotatable bonds is 5. The number of aliphatic hydroxyl groups is 1. The van der Waals surface area contributed by atoms with Crippen LogP contribution in [0.25, 0.3) is 0 Å². The third-order valence-electron chi connectivity index (χ3n) is 3.51. The predicted octanol–water partition coefficient (Wildman–Crippen LogP) is 3.47. The van der Waals surface area contributed by atoms with E-state index in [-0.39, 0.29) is 11.5 Å². The smallest absolute Gasteiger partial charge is 0.157 e. The summed E-state index contributed by atoms with van der Waals surface area (Å²) in [7, 11) is -3.51. The van der Waals surface area contributed by atoms with Crippen LogP contribution in [0.3, 0.4) is 0 Å². The Bertz CT molecular complexity index is 750. The van der Waals surface area contributed by atoms with E-state index in [1.807, 2.05) is 19.1 Å². The first-order valence-electron chi connectivity index (χ1n) is 6.93. The van der Waals surface area contributed by atoms with Gasteiger partial charge >= 0.3 is 0 Å². The van der Waals surface area contributed by atoms with E-state index < -0.39 is 15.4 Å². The molecule has 0 saturated heterocycles. The number of halogens is 1. The summed E-state index contributed by atoms with van der Waals surface area (Å²) in [5, 5.41) is 11.0. The molecule has 0 radical (unpaired) electrons. The molecule has 0 heterocycles. The van der Waals surface area contributed by atoms with Crippen molar-refractivity contribution in [2.24, 2.45) is 0 Å². The van der Waals surface area contributed by atoms with Gasteiger partial charge in [-0.15, -0.1) is 0 Å². The van der Waals surface area contributed by atoms with Gasteiger partial charge in [-0.3, -0.25) is 0 Å². The normalized spacial score (nSPS) is 14.5. The maximum Gasteiger partial charge on any atom is 0.157 e. The van der Waals surface area contributed by atoms with Crippen LogP contribution < -0.4 is 0 Å². The first-order valence-corrected chi connectivity index (χ1v) is 9.13. The van der Waals surface area contributed by atoms with Crippen LogP contribution in [0.5, 0.6) is 0 Å². The third kappa shape index (κ3) is 4.32. The van der Waals surface area contributed by atoms with E-state index in [9.17, 15) is 13.5 Å². The van der Waals surface area contributed by atoms with Gasteiger partial charge in [0, 0.05) is 5.02 Å².